The molecule has 1 saturated heterocycles. The fraction of sp³-hybridized carbons (Fsp3) is 0.391. The van der Waals surface area contributed by atoms with Crippen molar-refractivity contribution in [3.8, 4) is 22.3 Å². The van der Waals surface area contributed by atoms with Crippen LogP contribution in [0.1, 0.15) is 121 Å². The number of allylic oxidation sites excluding steroid dienone is 2. The predicted octanol–water partition coefficient (Wildman–Crippen LogP) is 7.65. The second-order valence-electron chi connectivity index (χ2n) is 15.0. The van der Waals surface area contributed by atoms with Crippen molar-refractivity contribution < 1.29 is 41.4 Å². The molecule has 1 saturated carbocycles. The summed E-state index contributed by atoms with van der Waals surface area (Å²) in [6, 6.07) is 33.7. The van der Waals surface area contributed by atoms with Crippen molar-refractivity contribution in [3.63, 3.8) is 0 Å². The van der Waals surface area contributed by atoms with Crippen molar-refractivity contribution in [1.82, 2.24) is 0 Å². The molecule has 1 heterocycles. The van der Waals surface area contributed by atoms with Gasteiger partial charge in [0.2, 0.25) is 0 Å². The van der Waals surface area contributed by atoms with E-state index in [-0.39, 0.29) is 24.8 Å². The molecule has 0 amide bonds. The minimum absolute atomic E-state index is 0. The minimum Gasteiger partial charge on any atom is -1.00 e. The van der Waals surface area contributed by atoms with Crippen LogP contribution in [0.4, 0.5) is 0 Å². The van der Waals surface area contributed by atoms with Crippen LogP contribution in [0.15, 0.2) is 96.1 Å². The standard InChI is InChI=1S/2C20H21.C6H10.2ClH.Ti/c2*1-3-6-16-13-18-7-5-8-19(20(18)14-16)17-11-9-15(4-2)10-12-17;1-2-4-6-5-3-1;;;/h2*5,7-14H,3-4,6H2,1-2H3;1-2H,3-6H2;2*1H;/q;;;;;+2/p-2. The maximum absolute atomic E-state index is 2.72. The molecule has 0 radical (unpaired) electrons. The number of rotatable bonds is 10. The molecule has 1 aliphatic heterocycles. The monoisotopic (exact) mass is 722 g/mol. The molecule has 0 spiro atoms. The van der Waals surface area contributed by atoms with Gasteiger partial charge < -0.3 is 24.8 Å². The van der Waals surface area contributed by atoms with Crippen molar-refractivity contribution in [2.45, 2.75) is 109 Å². The van der Waals surface area contributed by atoms with Crippen LogP contribution in [0.5, 0.6) is 0 Å². The summed E-state index contributed by atoms with van der Waals surface area (Å²) in [5, 5.41) is 0. The molecular formula is C46H52Cl2Ti. The Morgan fingerprint density at radius 1 is 0.531 bits per heavy atom. The summed E-state index contributed by atoms with van der Waals surface area (Å²) in [6.07, 6.45) is 18.4. The summed E-state index contributed by atoms with van der Waals surface area (Å²) in [5.74, 6) is 0. The first-order valence-electron chi connectivity index (χ1n) is 19.0. The Morgan fingerprint density at radius 3 is 1.31 bits per heavy atom. The van der Waals surface area contributed by atoms with Gasteiger partial charge >= 0.3 is 289 Å². The van der Waals surface area contributed by atoms with Gasteiger partial charge in [-0.25, -0.2) is 0 Å². The number of hydrogen-bond donors (Lipinski definition) is 0. The minimum atomic E-state index is -2.66. The molecule has 0 nitrogen and oxygen atoms in total. The van der Waals surface area contributed by atoms with Crippen molar-refractivity contribution in [2.24, 2.45) is 0 Å². The Morgan fingerprint density at radius 2 is 0.939 bits per heavy atom. The van der Waals surface area contributed by atoms with Gasteiger partial charge in [-0.1, -0.05) is 0 Å². The Bertz CT molecular complexity index is 1710. The molecule has 3 aliphatic carbocycles. The molecule has 2 fully saturated rings. The van der Waals surface area contributed by atoms with E-state index < -0.39 is 16.6 Å². The van der Waals surface area contributed by atoms with E-state index in [2.05, 4.69) is 125 Å². The normalized spacial score (nSPS) is 23.2. The molecule has 254 valence electrons. The van der Waals surface area contributed by atoms with E-state index in [1.807, 2.05) is 0 Å². The molecule has 0 aromatic heterocycles. The molecule has 3 heteroatoms. The second-order valence-corrected chi connectivity index (χ2v) is 22.3. The quantitative estimate of drug-likeness (QED) is 0.148. The van der Waals surface area contributed by atoms with Crippen LogP contribution >= 0.6 is 0 Å². The van der Waals surface area contributed by atoms with Gasteiger partial charge in [-0.3, -0.25) is 0 Å². The third kappa shape index (κ3) is 5.98. The molecule has 4 aliphatic rings. The van der Waals surface area contributed by atoms with Gasteiger partial charge in [0.1, 0.15) is 0 Å². The average Bonchev–Trinajstić information content (AvgIpc) is 3.38. The van der Waals surface area contributed by atoms with Crippen LogP contribution in [0.2, 0.25) is 8.45 Å². The summed E-state index contributed by atoms with van der Waals surface area (Å²) in [7, 11) is 0. The first kappa shape index (κ1) is 36.4. The molecule has 49 heavy (non-hydrogen) atoms. The first-order chi connectivity index (χ1) is 23.1. The maximum atomic E-state index is 2.72. The Hall–Kier alpha value is -2.35. The molecule has 8 rings (SSSR count). The maximum Gasteiger partial charge on any atom is -1.00 e. The first-order valence-corrected chi connectivity index (χ1v) is 22.6. The topological polar surface area (TPSA) is 0 Å². The summed E-state index contributed by atoms with van der Waals surface area (Å²) in [6.45, 7) is 9.34. The van der Waals surface area contributed by atoms with E-state index in [0.29, 0.717) is 8.45 Å². The Kier molecular flexibility index (Phi) is 11.2. The van der Waals surface area contributed by atoms with Gasteiger partial charge in [-0.15, -0.1) is 0 Å². The third-order valence-corrected chi connectivity index (χ3v) is 23.5. The number of hydrogen-bond acceptors (Lipinski definition) is 0. The van der Waals surface area contributed by atoms with Crippen molar-refractivity contribution in [1.29, 1.82) is 0 Å². The molecule has 4 aromatic rings. The van der Waals surface area contributed by atoms with Crippen molar-refractivity contribution in [2.75, 3.05) is 0 Å². The zero-order valence-corrected chi connectivity index (χ0v) is 32.9. The number of aryl methyl sites for hydroxylation is 2. The number of halogens is 2. The Balaban J connectivity index is 0.00000208. The van der Waals surface area contributed by atoms with Crippen LogP contribution in [0, 0.1) is 0 Å². The van der Waals surface area contributed by atoms with Gasteiger partial charge in [-0.05, 0) is 0 Å². The van der Waals surface area contributed by atoms with E-state index in [1.165, 1.54) is 84.7 Å². The molecular weight excluding hydrogens is 671 g/mol. The molecule has 0 bridgehead atoms. The fourth-order valence-electron chi connectivity index (χ4n) is 10.7. The smallest absolute Gasteiger partial charge is 1.00 e. The van der Waals surface area contributed by atoms with E-state index in [1.54, 1.807) is 33.4 Å². The second kappa shape index (κ2) is 15.1. The summed E-state index contributed by atoms with van der Waals surface area (Å²) < 4.78 is 3.38. The van der Waals surface area contributed by atoms with Crippen molar-refractivity contribution in [3.05, 3.63) is 129 Å². The zero-order valence-electron chi connectivity index (χ0n) is 29.9. The van der Waals surface area contributed by atoms with Gasteiger partial charge in [0.05, 0.1) is 0 Å². The Labute approximate surface area is 312 Å². The van der Waals surface area contributed by atoms with Crippen LogP contribution in [-0.2, 0) is 29.4 Å². The van der Waals surface area contributed by atoms with Crippen molar-refractivity contribution >= 4 is 12.2 Å². The molecule has 0 N–H and O–H groups in total. The van der Waals surface area contributed by atoms with Gasteiger partial charge in [0, 0.05) is 0 Å². The summed E-state index contributed by atoms with van der Waals surface area (Å²) in [4.78, 5) is 0. The van der Waals surface area contributed by atoms with Gasteiger partial charge in [0.25, 0.3) is 0 Å². The fourth-order valence-corrected chi connectivity index (χ4v) is 24.9. The zero-order chi connectivity index (χ0) is 32.1. The van der Waals surface area contributed by atoms with Crippen LogP contribution in [-0.4, -0.2) is 0 Å². The van der Waals surface area contributed by atoms with E-state index in [9.17, 15) is 0 Å². The third-order valence-electron chi connectivity index (χ3n) is 12.7. The largest absolute Gasteiger partial charge is 1.00 e. The van der Waals surface area contributed by atoms with Gasteiger partial charge in [-0.2, -0.15) is 0 Å². The van der Waals surface area contributed by atoms with Crippen LogP contribution in [0.25, 0.3) is 34.4 Å². The predicted molar refractivity (Wildman–Crippen MR) is 200 cm³/mol. The van der Waals surface area contributed by atoms with Gasteiger partial charge in [0.15, 0.2) is 0 Å². The number of fused-ring (bicyclic) bond motifs is 3. The SMILES string of the molecule is CCCC1=Cc2c(-c3ccc(CC)cc3)cccc2[CH]1[Ti+2]1([CH]2C(CCC)=Cc3c(-c4ccc(CC)cc4)cccc32)[CH]2CCCC[CH]21.[Cl-].[Cl-]. The van der Waals surface area contributed by atoms with E-state index >= 15 is 0 Å². The van der Waals surface area contributed by atoms with E-state index in [4.69, 9.17) is 0 Å². The molecule has 4 aromatic carbocycles. The van der Waals surface area contributed by atoms with Crippen LogP contribution in [0.3, 0.4) is 0 Å². The van der Waals surface area contributed by atoms with E-state index in [0.717, 1.165) is 21.3 Å². The molecule has 4 unspecified atom stereocenters. The number of benzene rings is 4. The van der Waals surface area contributed by atoms with Crippen LogP contribution < -0.4 is 24.8 Å². The summed E-state index contributed by atoms with van der Waals surface area (Å²) in [5.41, 5.74) is 18.7. The summed E-state index contributed by atoms with van der Waals surface area (Å²) >= 11 is -2.66. The molecule has 4 atom stereocenters. The average molecular weight is 724 g/mol.